The summed E-state index contributed by atoms with van der Waals surface area (Å²) < 4.78 is 31.2. The Morgan fingerprint density at radius 3 is 2.53 bits per heavy atom. The monoisotopic (exact) mass is 237 g/mol. The molecule has 1 heterocycles. The number of hydrogen-bond donors (Lipinski definition) is 1. The smallest absolute Gasteiger partial charge is 0.159 e. The number of furan rings is 1. The predicted octanol–water partition coefficient (Wildman–Crippen LogP) is 2.87. The lowest BCUT2D eigenvalue weighted by Gasteiger charge is -2.00. The molecule has 0 unspecified atom stereocenters. The fourth-order valence-corrected chi connectivity index (χ4v) is 1.64. The van der Waals surface area contributed by atoms with Crippen LogP contribution < -0.4 is 5.32 Å². The summed E-state index contributed by atoms with van der Waals surface area (Å²) in [6.07, 6.45) is 0.459. The van der Waals surface area contributed by atoms with Crippen LogP contribution in [0.15, 0.2) is 34.7 Å². The molecule has 0 aliphatic rings. The molecule has 2 rings (SSSR count). The van der Waals surface area contributed by atoms with Crippen molar-refractivity contribution in [3.05, 3.63) is 59.1 Å². The Hall–Kier alpha value is -1.68. The van der Waals surface area contributed by atoms with Crippen LogP contribution >= 0.6 is 0 Å². The van der Waals surface area contributed by atoms with E-state index in [0.29, 0.717) is 18.5 Å². The fourth-order valence-electron chi connectivity index (χ4n) is 1.64. The molecule has 0 saturated heterocycles. The van der Waals surface area contributed by atoms with Gasteiger partial charge in [-0.05, 0) is 36.9 Å². The average molecular weight is 237 g/mol. The molecule has 0 aliphatic carbocycles. The van der Waals surface area contributed by atoms with Crippen molar-refractivity contribution in [2.24, 2.45) is 0 Å². The molecule has 0 radical (unpaired) electrons. The van der Waals surface area contributed by atoms with Crippen LogP contribution in [0.25, 0.3) is 0 Å². The Kier molecular flexibility index (Phi) is 3.54. The Balaban J connectivity index is 2.11. The molecule has 17 heavy (non-hydrogen) atoms. The molecule has 0 saturated carbocycles. The molecular formula is C13H13F2NO. The maximum Gasteiger partial charge on any atom is 0.159 e. The van der Waals surface area contributed by atoms with Crippen LogP contribution in [-0.2, 0) is 13.0 Å². The highest BCUT2D eigenvalue weighted by Crippen LogP contribution is 2.15. The zero-order valence-corrected chi connectivity index (χ0v) is 9.47. The number of nitrogens with one attached hydrogen (secondary N) is 1. The normalized spacial score (nSPS) is 10.8. The second-order valence-corrected chi connectivity index (χ2v) is 3.82. The minimum Gasteiger partial charge on any atom is -0.464 e. The average Bonchev–Trinajstić information content (AvgIpc) is 2.72. The van der Waals surface area contributed by atoms with E-state index in [2.05, 4.69) is 5.32 Å². The van der Waals surface area contributed by atoms with Gasteiger partial charge in [-0.1, -0.05) is 6.07 Å². The van der Waals surface area contributed by atoms with Crippen molar-refractivity contribution in [2.45, 2.75) is 13.0 Å². The number of hydrogen-bond acceptors (Lipinski definition) is 2. The van der Waals surface area contributed by atoms with Gasteiger partial charge in [-0.15, -0.1) is 0 Å². The summed E-state index contributed by atoms with van der Waals surface area (Å²) in [5.41, 5.74) is 0.689. The van der Waals surface area contributed by atoms with Gasteiger partial charge in [0.1, 0.15) is 11.5 Å². The first-order chi connectivity index (χ1) is 8.19. The summed E-state index contributed by atoms with van der Waals surface area (Å²) in [6, 6.07) is 7.58. The zero-order valence-electron chi connectivity index (χ0n) is 9.47. The molecule has 1 aromatic carbocycles. The zero-order chi connectivity index (χ0) is 12.3. The topological polar surface area (TPSA) is 25.2 Å². The van der Waals surface area contributed by atoms with Crippen molar-refractivity contribution in [3.8, 4) is 0 Å². The van der Waals surface area contributed by atoms with Gasteiger partial charge in [0.25, 0.3) is 0 Å². The lowest BCUT2D eigenvalue weighted by Crippen LogP contribution is -2.03. The molecule has 0 fully saturated rings. The molecule has 1 aromatic heterocycles. The number of benzene rings is 1. The van der Waals surface area contributed by atoms with Crippen LogP contribution in [0.5, 0.6) is 0 Å². The van der Waals surface area contributed by atoms with E-state index in [-0.39, 0.29) is 0 Å². The quantitative estimate of drug-likeness (QED) is 0.884. The van der Waals surface area contributed by atoms with Crippen LogP contribution in [-0.4, -0.2) is 7.05 Å². The standard InChI is InChI=1S/C13H13F2NO/c1-16-8-11-4-3-10(17-11)6-9-2-5-12(14)13(15)7-9/h2-5,7,16H,6,8H2,1H3. The van der Waals surface area contributed by atoms with E-state index in [1.165, 1.54) is 6.07 Å². The largest absolute Gasteiger partial charge is 0.464 e. The Labute approximate surface area is 98.3 Å². The van der Waals surface area contributed by atoms with Gasteiger partial charge in [0.15, 0.2) is 11.6 Å². The minimum atomic E-state index is -0.830. The van der Waals surface area contributed by atoms with Crippen molar-refractivity contribution in [3.63, 3.8) is 0 Å². The summed E-state index contributed by atoms with van der Waals surface area (Å²) in [5, 5.41) is 2.97. The summed E-state index contributed by atoms with van der Waals surface area (Å²) in [7, 11) is 1.83. The van der Waals surface area contributed by atoms with E-state index in [1.807, 2.05) is 19.2 Å². The molecule has 2 nitrogen and oxygen atoms in total. The molecule has 1 N–H and O–H groups in total. The first-order valence-electron chi connectivity index (χ1n) is 5.35. The summed E-state index contributed by atoms with van der Waals surface area (Å²) in [6.45, 7) is 0.651. The van der Waals surface area contributed by atoms with Gasteiger partial charge < -0.3 is 9.73 Å². The van der Waals surface area contributed by atoms with Gasteiger partial charge in [0.05, 0.1) is 6.54 Å². The fraction of sp³-hybridized carbons (Fsp3) is 0.231. The van der Waals surface area contributed by atoms with Gasteiger partial charge in [-0.25, -0.2) is 8.78 Å². The van der Waals surface area contributed by atoms with Gasteiger partial charge in [-0.2, -0.15) is 0 Å². The Morgan fingerprint density at radius 1 is 1.06 bits per heavy atom. The number of rotatable bonds is 4. The lowest BCUT2D eigenvalue weighted by atomic mass is 10.1. The molecule has 2 aromatic rings. The van der Waals surface area contributed by atoms with Crippen molar-refractivity contribution >= 4 is 0 Å². The molecule has 0 atom stereocenters. The van der Waals surface area contributed by atoms with E-state index in [9.17, 15) is 8.78 Å². The van der Waals surface area contributed by atoms with Crippen LogP contribution in [0, 0.1) is 11.6 Å². The summed E-state index contributed by atoms with van der Waals surface area (Å²) in [5.74, 6) is -0.0973. The van der Waals surface area contributed by atoms with Crippen LogP contribution in [0.2, 0.25) is 0 Å². The maximum atomic E-state index is 13.0. The van der Waals surface area contributed by atoms with E-state index in [0.717, 1.165) is 17.6 Å². The second-order valence-electron chi connectivity index (χ2n) is 3.82. The molecule has 0 spiro atoms. The third kappa shape index (κ3) is 2.91. The molecule has 4 heteroatoms. The highest BCUT2D eigenvalue weighted by molar-refractivity contribution is 5.23. The van der Waals surface area contributed by atoms with Crippen molar-refractivity contribution < 1.29 is 13.2 Å². The molecule has 0 amide bonds. The lowest BCUT2D eigenvalue weighted by molar-refractivity contribution is 0.461. The molecule has 90 valence electrons. The molecule has 0 bridgehead atoms. The molecular weight excluding hydrogens is 224 g/mol. The SMILES string of the molecule is CNCc1ccc(Cc2ccc(F)c(F)c2)o1. The van der Waals surface area contributed by atoms with Gasteiger partial charge in [0, 0.05) is 6.42 Å². The van der Waals surface area contributed by atoms with E-state index < -0.39 is 11.6 Å². The second kappa shape index (κ2) is 5.10. The summed E-state index contributed by atoms with van der Waals surface area (Å²) >= 11 is 0. The van der Waals surface area contributed by atoms with Gasteiger partial charge in [-0.3, -0.25) is 0 Å². The van der Waals surface area contributed by atoms with Crippen molar-refractivity contribution in [2.75, 3.05) is 7.05 Å². The van der Waals surface area contributed by atoms with Crippen LogP contribution in [0.3, 0.4) is 0 Å². The summed E-state index contributed by atoms with van der Waals surface area (Å²) in [4.78, 5) is 0. The van der Waals surface area contributed by atoms with Crippen LogP contribution in [0.1, 0.15) is 17.1 Å². The maximum absolute atomic E-state index is 13.0. The van der Waals surface area contributed by atoms with E-state index in [1.54, 1.807) is 6.07 Å². The van der Waals surface area contributed by atoms with E-state index in [4.69, 9.17) is 4.42 Å². The highest BCUT2D eigenvalue weighted by atomic mass is 19.2. The minimum absolute atomic E-state index is 0.459. The third-order valence-corrected chi connectivity index (χ3v) is 2.43. The van der Waals surface area contributed by atoms with Gasteiger partial charge in [0.2, 0.25) is 0 Å². The van der Waals surface area contributed by atoms with Gasteiger partial charge >= 0.3 is 0 Å². The highest BCUT2D eigenvalue weighted by Gasteiger charge is 2.06. The van der Waals surface area contributed by atoms with E-state index >= 15 is 0 Å². The van der Waals surface area contributed by atoms with Crippen molar-refractivity contribution in [1.29, 1.82) is 0 Å². The Morgan fingerprint density at radius 2 is 1.82 bits per heavy atom. The Bertz CT molecular complexity index is 508. The number of halogens is 2. The third-order valence-electron chi connectivity index (χ3n) is 2.43. The van der Waals surface area contributed by atoms with Crippen molar-refractivity contribution in [1.82, 2.24) is 5.32 Å². The molecule has 0 aliphatic heterocycles. The van der Waals surface area contributed by atoms with Crippen LogP contribution in [0.4, 0.5) is 8.78 Å². The first kappa shape index (κ1) is 11.8. The first-order valence-corrected chi connectivity index (χ1v) is 5.35. The predicted molar refractivity (Wildman–Crippen MR) is 60.6 cm³/mol.